The van der Waals surface area contributed by atoms with Crippen molar-refractivity contribution in [3.05, 3.63) is 66.7 Å². The van der Waals surface area contributed by atoms with Crippen LogP contribution in [0.1, 0.15) is 19.4 Å². The molecule has 24 heavy (non-hydrogen) atoms. The molecule has 0 bridgehead atoms. The Bertz CT molecular complexity index is 780. The third kappa shape index (κ3) is 2.26. The molecule has 0 spiro atoms. The van der Waals surface area contributed by atoms with Gasteiger partial charge in [-0.15, -0.1) is 6.58 Å². The Labute approximate surface area is 142 Å². The standard InChI is InChI=1S/C20H22N2O2/c1-5-19(2,3)20(22-14-10-12-15(24-4)13-11-14)16-8-6-7-9-17(16)21-18(20)23/h5-13,22H,1H2,2-4H3,(H,21,23). The van der Waals surface area contributed by atoms with Crippen LogP contribution >= 0.6 is 0 Å². The zero-order chi connectivity index (χ0) is 17.4. The fraction of sp³-hybridized carbons (Fsp3) is 0.250. The number of ether oxygens (including phenoxy) is 1. The highest BCUT2D eigenvalue weighted by molar-refractivity contribution is 6.08. The summed E-state index contributed by atoms with van der Waals surface area (Å²) in [5.41, 5.74) is 1.16. The Kier molecular flexibility index (Phi) is 3.84. The first-order valence-corrected chi connectivity index (χ1v) is 7.91. The van der Waals surface area contributed by atoms with Crippen molar-refractivity contribution in [2.75, 3.05) is 17.7 Å². The quantitative estimate of drug-likeness (QED) is 0.812. The van der Waals surface area contributed by atoms with Crippen molar-refractivity contribution in [1.29, 1.82) is 0 Å². The minimum absolute atomic E-state index is 0.0792. The van der Waals surface area contributed by atoms with Crippen LogP contribution in [0.3, 0.4) is 0 Å². The number of fused-ring (bicyclic) bond motifs is 1. The molecule has 2 aromatic rings. The smallest absolute Gasteiger partial charge is 0.255 e. The predicted molar refractivity (Wildman–Crippen MR) is 97.3 cm³/mol. The lowest BCUT2D eigenvalue weighted by Crippen LogP contribution is -2.52. The van der Waals surface area contributed by atoms with Gasteiger partial charge in [-0.25, -0.2) is 0 Å². The Morgan fingerprint density at radius 1 is 1.17 bits per heavy atom. The average Bonchev–Trinajstić information content (AvgIpc) is 2.89. The van der Waals surface area contributed by atoms with Crippen LogP contribution < -0.4 is 15.4 Å². The van der Waals surface area contributed by atoms with Crippen LogP contribution in [0, 0.1) is 5.41 Å². The van der Waals surface area contributed by atoms with E-state index in [4.69, 9.17) is 4.74 Å². The SMILES string of the molecule is C=CC(C)(C)C1(Nc2ccc(OC)cc2)C(=O)Nc2ccccc21. The normalized spacial score (nSPS) is 19.4. The van der Waals surface area contributed by atoms with Crippen molar-refractivity contribution in [2.45, 2.75) is 19.4 Å². The van der Waals surface area contributed by atoms with E-state index in [1.54, 1.807) is 7.11 Å². The maximum Gasteiger partial charge on any atom is 0.255 e. The molecule has 0 radical (unpaired) electrons. The van der Waals surface area contributed by atoms with E-state index in [0.717, 1.165) is 22.7 Å². The van der Waals surface area contributed by atoms with Crippen molar-refractivity contribution in [2.24, 2.45) is 5.41 Å². The molecular weight excluding hydrogens is 300 g/mol. The largest absolute Gasteiger partial charge is 0.497 e. The molecule has 0 fully saturated rings. The molecule has 4 heteroatoms. The zero-order valence-electron chi connectivity index (χ0n) is 14.2. The highest BCUT2D eigenvalue weighted by Crippen LogP contribution is 2.50. The Morgan fingerprint density at radius 3 is 2.46 bits per heavy atom. The van der Waals surface area contributed by atoms with Gasteiger partial charge in [0.2, 0.25) is 0 Å². The molecule has 1 atom stereocenters. The van der Waals surface area contributed by atoms with E-state index < -0.39 is 11.0 Å². The van der Waals surface area contributed by atoms with E-state index in [9.17, 15) is 4.79 Å². The molecular formula is C20H22N2O2. The van der Waals surface area contributed by atoms with Gasteiger partial charge in [-0.2, -0.15) is 0 Å². The number of nitrogens with one attached hydrogen (secondary N) is 2. The molecule has 1 aliphatic rings. The van der Waals surface area contributed by atoms with Gasteiger partial charge in [-0.05, 0) is 30.3 Å². The average molecular weight is 322 g/mol. The van der Waals surface area contributed by atoms with Crippen molar-refractivity contribution in [1.82, 2.24) is 0 Å². The summed E-state index contributed by atoms with van der Waals surface area (Å²) in [6.07, 6.45) is 1.82. The molecule has 3 rings (SSSR count). The number of methoxy groups -OCH3 is 1. The number of hydrogen-bond acceptors (Lipinski definition) is 3. The number of para-hydroxylation sites is 1. The summed E-state index contributed by atoms with van der Waals surface area (Å²) in [5.74, 6) is 0.693. The van der Waals surface area contributed by atoms with Gasteiger partial charge in [0, 0.05) is 22.4 Å². The van der Waals surface area contributed by atoms with E-state index in [2.05, 4.69) is 17.2 Å². The summed E-state index contributed by atoms with van der Waals surface area (Å²) in [6, 6.07) is 15.3. The lowest BCUT2D eigenvalue weighted by molar-refractivity contribution is -0.122. The van der Waals surface area contributed by atoms with Crippen LogP contribution in [0.25, 0.3) is 0 Å². The maximum atomic E-state index is 13.0. The van der Waals surface area contributed by atoms with Crippen molar-refractivity contribution in [3.63, 3.8) is 0 Å². The number of carbonyl (C=O) groups is 1. The van der Waals surface area contributed by atoms with Crippen molar-refractivity contribution in [3.8, 4) is 5.75 Å². The zero-order valence-corrected chi connectivity index (χ0v) is 14.2. The van der Waals surface area contributed by atoms with Crippen LogP contribution in [0.5, 0.6) is 5.75 Å². The summed E-state index contributed by atoms with van der Waals surface area (Å²) < 4.78 is 5.21. The minimum atomic E-state index is -0.931. The van der Waals surface area contributed by atoms with Gasteiger partial charge in [0.15, 0.2) is 5.54 Å². The molecule has 1 amide bonds. The molecule has 0 aromatic heterocycles. The van der Waals surface area contributed by atoms with Crippen molar-refractivity contribution >= 4 is 17.3 Å². The summed E-state index contributed by atoms with van der Waals surface area (Å²) >= 11 is 0. The molecule has 2 aromatic carbocycles. The van der Waals surface area contributed by atoms with Gasteiger partial charge in [0.05, 0.1) is 7.11 Å². The Balaban J connectivity index is 2.14. The van der Waals surface area contributed by atoms with E-state index in [1.165, 1.54) is 0 Å². The number of amides is 1. The molecule has 1 heterocycles. The van der Waals surface area contributed by atoms with Gasteiger partial charge in [0.1, 0.15) is 5.75 Å². The first kappa shape index (κ1) is 16.1. The lowest BCUT2D eigenvalue weighted by atomic mass is 9.68. The number of hydrogen-bond donors (Lipinski definition) is 2. The van der Waals surface area contributed by atoms with Gasteiger partial charge >= 0.3 is 0 Å². The molecule has 1 aliphatic heterocycles. The lowest BCUT2D eigenvalue weighted by Gasteiger charge is -2.42. The van der Waals surface area contributed by atoms with E-state index in [1.807, 2.05) is 68.5 Å². The highest BCUT2D eigenvalue weighted by atomic mass is 16.5. The fourth-order valence-corrected chi connectivity index (χ4v) is 3.23. The van der Waals surface area contributed by atoms with E-state index in [-0.39, 0.29) is 5.91 Å². The summed E-state index contributed by atoms with van der Waals surface area (Å²) in [7, 11) is 1.63. The topological polar surface area (TPSA) is 50.4 Å². The summed E-state index contributed by atoms with van der Waals surface area (Å²) in [4.78, 5) is 13.0. The Morgan fingerprint density at radius 2 is 1.83 bits per heavy atom. The van der Waals surface area contributed by atoms with Crippen LogP contribution in [0.4, 0.5) is 11.4 Å². The molecule has 0 saturated carbocycles. The monoisotopic (exact) mass is 322 g/mol. The molecule has 124 valence electrons. The van der Waals surface area contributed by atoms with E-state index in [0.29, 0.717) is 0 Å². The fourth-order valence-electron chi connectivity index (χ4n) is 3.23. The first-order valence-electron chi connectivity index (χ1n) is 7.91. The number of anilines is 2. The minimum Gasteiger partial charge on any atom is -0.497 e. The number of rotatable bonds is 5. The van der Waals surface area contributed by atoms with Crippen LogP contribution in [-0.4, -0.2) is 13.0 Å². The molecule has 0 saturated heterocycles. The highest BCUT2D eigenvalue weighted by Gasteiger charge is 2.55. The van der Waals surface area contributed by atoms with Gasteiger partial charge in [-0.1, -0.05) is 38.1 Å². The Hall–Kier alpha value is -2.75. The van der Waals surface area contributed by atoms with Crippen LogP contribution in [-0.2, 0) is 10.3 Å². The maximum absolute atomic E-state index is 13.0. The second kappa shape index (κ2) is 5.71. The van der Waals surface area contributed by atoms with E-state index >= 15 is 0 Å². The molecule has 1 unspecified atom stereocenters. The predicted octanol–water partition coefficient (Wildman–Crippen LogP) is 4.17. The van der Waals surface area contributed by atoms with Crippen LogP contribution in [0.2, 0.25) is 0 Å². The van der Waals surface area contributed by atoms with Crippen molar-refractivity contribution < 1.29 is 9.53 Å². The molecule has 2 N–H and O–H groups in total. The molecule has 4 nitrogen and oxygen atoms in total. The second-order valence-electron chi connectivity index (χ2n) is 6.53. The first-order chi connectivity index (χ1) is 11.4. The summed E-state index contributed by atoms with van der Waals surface area (Å²) in [6.45, 7) is 7.98. The third-order valence-electron chi connectivity index (χ3n) is 4.82. The second-order valence-corrected chi connectivity index (χ2v) is 6.53. The van der Waals surface area contributed by atoms with Gasteiger partial charge < -0.3 is 15.4 Å². The van der Waals surface area contributed by atoms with Gasteiger partial charge in [0.25, 0.3) is 5.91 Å². The van der Waals surface area contributed by atoms with Crippen LogP contribution in [0.15, 0.2) is 61.2 Å². The van der Waals surface area contributed by atoms with Gasteiger partial charge in [-0.3, -0.25) is 4.79 Å². The number of carbonyl (C=O) groups excluding carboxylic acids is 1. The third-order valence-corrected chi connectivity index (χ3v) is 4.82. The summed E-state index contributed by atoms with van der Waals surface area (Å²) in [5, 5.41) is 6.46. The molecule has 0 aliphatic carbocycles. The number of benzene rings is 2.